The third kappa shape index (κ3) is 7.75. The summed E-state index contributed by atoms with van der Waals surface area (Å²) in [5, 5.41) is 49.8. The molecule has 0 aromatic rings. The van der Waals surface area contributed by atoms with Crippen LogP contribution in [0, 0.1) is 0 Å². The van der Waals surface area contributed by atoms with Gasteiger partial charge in [0.25, 0.3) is 0 Å². The maximum atomic E-state index is 10.4. The molecule has 1 aliphatic rings. The van der Waals surface area contributed by atoms with E-state index in [2.05, 4.69) is 12.7 Å². The first kappa shape index (κ1) is 25.0. The molecule has 0 amide bonds. The molecule has 0 spiro atoms. The van der Waals surface area contributed by atoms with Crippen LogP contribution in [-0.4, -0.2) is 74.6 Å². The summed E-state index contributed by atoms with van der Waals surface area (Å²) >= 11 is 0. The minimum atomic E-state index is -1.51. The lowest BCUT2D eigenvalue weighted by Crippen LogP contribution is -2.59. The maximum Gasteiger partial charge on any atom is 0.187 e. The van der Waals surface area contributed by atoms with Gasteiger partial charge in [0.1, 0.15) is 24.4 Å². The number of aliphatic hydroxyl groups excluding tert-OH is 4. The monoisotopic (exact) mass is 400 g/mol. The average molecular weight is 401 g/mol. The summed E-state index contributed by atoms with van der Waals surface area (Å²) in [4.78, 5) is 0. The number of allylic oxidation sites excluding steroid dienone is 3. The van der Waals surface area contributed by atoms with Gasteiger partial charge < -0.3 is 35.0 Å². The summed E-state index contributed by atoms with van der Waals surface area (Å²) in [7, 11) is 0. The Hall–Kier alpha value is -1.06. The summed E-state index contributed by atoms with van der Waals surface area (Å²) in [5.41, 5.74) is 1.05. The van der Waals surface area contributed by atoms with Gasteiger partial charge in [0, 0.05) is 6.42 Å². The molecule has 28 heavy (non-hydrogen) atoms. The van der Waals surface area contributed by atoms with Crippen molar-refractivity contribution < 1.29 is 35.0 Å². The molecule has 1 saturated heterocycles. The predicted octanol–water partition coefficient (Wildman–Crippen LogP) is 1.19. The van der Waals surface area contributed by atoms with Crippen molar-refractivity contribution in [1.29, 1.82) is 0 Å². The molecule has 5 N–H and O–H groups in total. The highest BCUT2D eigenvalue weighted by molar-refractivity contribution is 5.08. The SMILES string of the molecule is C=C[C@](C)(O)C[C@@H](/C=C(\C)CCC=C(C)C)O[C@@H]1O[C@H](CO)[C@@H](O)[C@H](O)[C@H]1O. The second kappa shape index (κ2) is 11.2. The molecule has 0 aliphatic carbocycles. The van der Waals surface area contributed by atoms with Crippen molar-refractivity contribution in [3.05, 3.63) is 36.0 Å². The molecule has 0 bridgehead atoms. The molecule has 1 fully saturated rings. The van der Waals surface area contributed by atoms with E-state index in [1.165, 1.54) is 11.6 Å². The van der Waals surface area contributed by atoms with Crippen LogP contribution in [0.5, 0.6) is 0 Å². The van der Waals surface area contributed by atoms with Gasteiger partial charge >= 0.3 is 0 Å². The average Bonchev–Trinajstić information content (AvgIpc) is 2.61. The van der Waals surface area contributed by atoms with Crippen LogP contribution < -0.4 is 0 Å². The minimum absolute atomic E-state index is 0.158. The first-order valence-electron chi connectivity index (χ1n) is 9.63. The largest absolute Gasteiger partial charge is 0.394 e. The van der Waals surface area contributed by atoms with E-state index in [9.17, 15) is 25.5 Å². The van der Waals surface area contributed by atoms with Gasteiger partial charge in [0.2, 0.25) is 0 Å². The van der Waals surface area contributed by atoms with Crippen LogP contribution in [0.25, 0.3) is 0 Å². The highest BCUT2D eigenvalue weighted by atomic mass is 16.7. The van der Waals surface area contributed by atoms with Gasteiger partial charge in [-0.05, 0) is 40.5 Å². The molecule has 0 saturated carbocycles. The zero-order valence-electron chi connectivity index (χ0n) is 17.3. The van der Waals surface area contributed by atoms with Gasteiger partial charge in [-0.1, -0.05) is 29.4 Å². The Balaban J connectivity index is 2.95. The summed E-state index contributed by atoms with van der Waals surface area (Å²) in [6, 6.07) is 0. The van der Waals surface area contributed by atoms with Gasteiger partial charge in [0.15, 0.2) is 6.29 Å². The van der Waals surface area contributed by atoms with Crippen LogP contribution in [0.15, 0.2) is 36.0 Å². The number of rotatable bonds is 10. The van der Waals surface area contributed by atoms with E-state index in [4.69, 9.17) is 9.47 Å². The first-order valence-corrected chi connectivity index (χ1v) is 9.63. The van der Waals surface area contributed by atoms with Gasteiger partial charge in [-0.25, -0.2) is 0 Å². The number of aliphatic hydroxyl groups is 5. The van der Waals surface area contributed by atoms with Crippen molar-refractivity contribution in [3.63, 3.8) is 0 Å². The van der Waals surface area contributed by atoms with Crippen LogP contribution in [-0.2, 0) is 9.47 Å². The Kier molecular flexibility index (Phi) is 10.00. The van der Waals surface area contributed by atoms with Crippen molar-refractivity contribution in [3.8, 4) is 0 Å². The molecular formula is C21H36O7. The van der Waals surface area contributed by atoms with Crippen molar-refractivity contribution in [2.75, 3.05) is 6.61 Å². The highest BCUT2D eigenvalue weighted by Crippen LogP contribution is 2.26. The second-order valence-corrected chi connectivity index (χ2v) is 7.97. The van der Waals surface area contributed by atoms with E-state index in [1.807, 2.05) is 26.8 Å². The Labute approximate surface area is 167 Å². The summed E-state index contributed by atoms with van der Waals surface area (Å²) < 4.78 is 11.3. The Morgan fingerprint density at radius 1 is 1.18 bits per heavy atom. The van der Waals surface area contributed by atoms with Crippen LogP contribution >= 0.6 is 0 Å². The lowest BCUT2D eigenvalue weighted by molar-refractivity contribution is -0.309. The first-order chi connectivity index (χ1) is 13.0. The standard InChI is InChI=1S/C21H36O7/c1-6-21(5,26)11-15(10-14(4)9-7-8-13(2)3)27-20-19(25)18(24)17(23)16(12-22)28-20/h6,8,10,15-20,22-26H,1,7,9,11-12H2,2-5H3/b14-10+/t15-,16-,17-,18+,19-,20-,21+/m1/s1. The number of hydrogen-bond donors (Lipinski definition) is 5. The Morgan fingerprint density at radius 2 is 1.82 bits per heavy atom. The van der Waals surface area contributed by atoms with E-state index in [0.29, 0.717) is 0 Å². The second-order valence-electron chi connectivity index (χ2n) is 7.97. The van der Waals surface area contributed by atoms with Crippen molar-refractivity contribution in [2.24, 2.45) is 0 Å². The molecule has 0 aromatic heterocycles. The predicted molar refractivity (Wildman–Crippen MR) is 107 cm³/mol. The molecule has 1 heterocycles. The van der Waals surface area contributed by atoms with Gasteiger partial charge in [-0.15, -0.1) is 6.58 Å². The molecule has 7 nitrogen and oxygen atoms in total. The van der Waals surface area contributed by atoms with Crippen molar-refractivity contribution in [2.45, 2.75) is 89.4 Å². The van der Waals surface area contributed by atoms with Crippen LogP contribution in [0.2, 0.25) is 0 Å². The third-order valence-electron chi connectivity index (χ3n) is 4.77. The van der Waals surface area contributed by atoms with Crippen LogP contribution in [0.3, 0.4) is 0 Å². The number of hydrogen-bond acceptors (Lipinski definition) is 7. The molecule has 162 valence electrons. The molecule has 0 aromatic carbocycles. The topological polar surface area (TPSA) is 120 Å². The fraction of sp³-hybridized carbons (Fsp3) is 0.714. The van der Waals surface area contributed by atoms with Crippen molar-refractivity contribution >= 4 is 0 Å². The smallest absolute Gasteiger partial charge is 0.187 e. The molecule has 1 aliphatic heterocycles. The van der Waals surface area contributed by atoms with E-state index < -0.39 is 49.0 Å². The fourth-order valence-corrected chi connectivity index (χ4v) is 2.98. The molecule has 0 unspecified atom stereocenters. The van der Waals surface area contributed by atoms with Crippen LogP contribution in [0.1, 0.15) is 47.0 Å². The molecule has 0 radical (unpaired) electrons. The summed E-state index contributed by atoms with van der Waals surface area (Å²) in [6.45, 7) is 10.7. The summed E-state index contributed by atoms with van der Waals surface area (Å²) in [5.74, 6) is 0. The Morgan fingerprint density at radius 3 is 2.36 bits per heavy atom. The lowest BCUT2D eigenvalue weighted by Gasteiger charge is -2.41. The third-order valence-corrected chi connectivity index (χ3v) is 4.77. The van der Waals surface area contributed by atoms with Gasteiger partial charge in [-0.2, -0.15) is 0 Å². The summed E-state index contributed by atoms with van der Waals surface area (Å²) in [6.07, 6.45) is -0.192. The number of ether oxygens (including phenoxy) is 2. The maximum absolute atomic E-state index is 10.4. The zero-order valence-corrected chi connectivity index (χ0v) is 17.3. The molecule has 1 rings (SSSR count). The van der Waals surface area contributed by atoms with Crippen molar-refractivity contribution in [1.82, 2.24) is 0 Å². The highest BCUT2D eigenvalue weighted by Gasteiger charge is 2.45. The molecular weight excluding hydrogens is 364 g/mol. The van der Waals surface area contributed by atoms with Crippen LogP contribution in [0.4, 0.5) is 0 Å². The fourth-order valence-electron chi connectivity index (χ4n) is 2.98. The van der Waals surface area contributed by atoms with Gasteiger partial charge in [0.05, 0.1) is 18.3 Å². The van der Waals surface area contributed by atoms with E-state index in [1.54, 1.807) is 6.92 Å². The lowest BCUT2D eigenvalue weighted by atomic mass is 9.96. The van der Waals surface area contributed by atoms with E-state index >= 15 is 0 Å². The quantitative estimate of drug-likeness (QED) is 0.349. The zero-order chi connectivity index (χ0) is 21.5. The normalized spacial score (nSPS) is 31.8. The van der Waals surface area contributed by atoms with E-state index in [-0.39, 0.29) is 6.42 Å². The molecule has 7 heteroatoms. The van der Waals surface area contributed by atoms with Gasteiger partial charge in [-0.3, -0.25) is 0 Å². The minimum Gasteiger partial charge on any atom is -0.394 e. The van der Waals surface area contributed by atoms with E-state index in [0.717, 1.165) is 18.4 Å². The molecule has 7 atom stereocenters. The Bertz CT molecular complexity index is 549.